The predicted molar refractivity (Wildman–Crippen MR) is 73.8 cm³/mol. The van der Waals surface area contributed by atoms with Crippen molar-refractivity contribution >= 4 is 5.97 Å². The molecule has 0 heterocycles. The highest BCUT2D eigenvalue weighted by atomic mass is 16.5. The molecule has 0 aliphatic carbocycles. The second-order valence-corrected chi connectivity index (χ2v) is 4.59. The number of carbonyl (C=O) groups excluding carboxylic acids is 1. The zero-order valence-electron chi connectivity index (χ0n) is 12.2. The van der Waals surface area contributed by atoms with Gasteiger partial charge in [-0.15, -0.1) is 0 Å². The summed E-state index contributed by atoms with van der Waals surface area (Å²) in [6.45, 7) is 6.44. The van der Waals surface area contributed by atoms with Gasteiger partial charge in [0.15, 0.2) is 11.5 Å². The van der Waals surface area contributed by atoms with E-state index >= 15 is 0 Å². The Morgan fingerprint density at radius 3 is 2.37 bits per heavy atom. The molecule has 1 atom stereocenters. The average molecular weight is 266 g/mol. The summed E-state index contributed by atoms with van der Waals surface area (Å²) in [7, 11) is 3.00. The third-order valence-corrected chi connectivity index (χ3v) is 2.97. The number of benzene rings is 1. The molecule has 0 saturated heterocycles. The summed E-state index contributed by atoms with van der Waals surface area (Å²) in [5.41, 5.74) is 0.881. The first-order chi connectivity index (χ1) is 9.04. The second kappa shape index (κ2) is 7.02. The number of hydrogen-bond acceptors (Lipinski definition) is 4. The molecule has 0 N–H and O–H groups in total. The van der Waals surface area contributed by atoms with E-state index in [4.69, 9.17) is 14.2 Å². The van der Waals surface area contributed by atoms with Gasteiger partial charge < -0.3 is 14.2 Å². The Kier molecular flexibility index (Phi) is 5.67. The van der Waals surface area contributed by atoms with Crippen LogP contribution < -0.4 is 9.47 Å². The van der Waals surface area contributed by atoms with Crippen LogP contribution in [-0.2, 0) is 9.53 Å². The van der Waals surface area contributed by atoms with Gasteiger partial charge in [0, 0.05) is 0 Å². The topological polar surface area (TPSA) is 44.8 Å². The van der Waals surface area contributed by atoms with Gasteiger partial charge in [-0.1, -0.05) is 19.9 Å². The Hall–Kier alpha value is -1.71. The quantitative estimate of drug-likeness (QED) is 0.742. The van der Waals surface area contributed by atoms with Crippen molar-refractivity contribution in [2.75, 3.05) is 20.8 Å². The molecular formula is C15H22O4. The van der Waals surface area contributed by atoms with E-state index in [2.05, 4.69) is 0 Å². The van der Waals surface area contributed by atoms with Gasteiger partial charge in [0.2, 0.25) is 0 Å². The lowest BCUT2D eigenvalue weighted by Gasteiger charge is -2.20. The fourth-order valence-electron chi connectivity index (χ4n) is 2.08. The number of carbonyl (C=O) groups is 1. The Labute approximate surface area is 114 Å². The number of hydrogen-bond donors (Lipinski definition) is 0. The monoisotopic (exact) mass is 266 g/mol. The van der Waals surface area contributed by atoms with E-state index in [1.165, 1.54) is 7.11 Å². The number of rotatable bonds is 6. The molecule has 1 aromatic carbocycles. The molecule has 0 aromatic heterocycles. The molecule has 0 aliphatic rings. The summed E-state index contributed by atoms with van der Waals surface area (Å²) in [6.07, 6.45) is 0. The van der Waals surface area contributed by atoms with E-state index in [9.17, 15) is 4.79 Å². The molecule has 1 rings (SSSR count). The van der Waals surface area contributed by atoms with Gasteiger partial charge in [0.05, 0.1) is 26.7 Å². The standard InChI is InChI=1S/C15H22O4/c1-6-19-13-9-11(7-8-12(13)17-4)14(10(2)3)15(16)18-5/h7-10,14H,6H2,1-5H3. The zero-order valence-corrected chi connectivity index (χ0v) is 12.2. The van der Waals surface area contributed by atoms with Crippen molar-refractivity contribution in [2.45, 2.75) is 26.7 Å². The van der Waals surface area contributed by atoms with Crippen molar-refractivity contribution in [1.82, 2.24) is 0 Å². The van der Waals surface area contributed by atoms with Crippen molar-refractivity contribution in [3.8, 4) is 11.5 Å². The van der Waals surface area contributed by atoms with Crippen molar-refractivity contribution < 1.29 is 19.0 Å². The lowest BCUT2D eigenvalue weighted by atomic mass is 9.88. The fourth-order valence-corrected chi connectivity index (χ4v) is 2.08. The van der Waals surface area contributed by atoms with Crippen LogP contribution in [-0.4, -0.2) is 26.8 Å². The van der Waals surface area contributed by atoms with Crippen LogP contribution in [0, 0.1) is 5.92 Å². The van der Waals surface area contributed by atoms with Gasteiger partial charge in [-0.05, 0) is 30.5 Å². The molecule has 1 aromatic rings. The molecule has 0 radical (unpaired) electrons. The first-order valence-corrected chi connectivity index (χ1v) is 6.43. The summed E-state index contributed by atoms with van der Waals surface area (Å²) in [4.78, 5) is 11.9. The summed E-state index contributed by atoms with van der Waals surface area (Å²) in [6, 6.07) is 5.55. The molecule has 4 nitrogen and oxygen atoms in total. The maximum absolute atomic E-state index is 11.9. The number of methoxy groups -OCH3 is 2. The van der Waals surface area contributed by atoms with E-state index in [0.29, 0.717) is 18.1 Å². The molecule has 0 amide bonds. The van der Waals surface area contributed by atoms with Crippen LogP contribution in [0.15, 0.2) is 18.2 Å². The molecule has 0 fully saturated rings. The summed E-state index contributed by atoms with van der Waals surface area (Å²) in [5, 5.41) is 0. The predicted octanol–water partition coefficient (Wildman–Crippen LogP) is 3.01. The van der Waals surface area contributed by atoms with Crippen molar-refractivity contribution in [3.05, 3.63) is 23.8 Å². The van der Waals surface area contributed by atoms with E-state index < -0.39 is 0 Å². The smallest absolute Gasteiger partial charge is 0.313 e. The fraction of sp³-hybridized carbons (Fsp3) is 0.533. The third-order valence-electron chi connectivity index (χ3n) is 2.97. The second-order valence-electron chi connectivity index (χ2n) is 4.59. The highest BCUT2D eigenvalue weighted by molar-refractivity contribution is 5.78. The largest absolute Gasteiger partial charge is 0.493 e. The third kappa shape index (κ3) is 3.63. The van der Waals surface area contributed by atoms with Crippen molar-refractivity contribution in [2.24, 2.45) is 5.92 Å². The van der Waals surface area contributed by atoms with E-state index in [1.54, 1.807) is 7.11 Å². The number of esters is 1. The van der Waals surface area contributed by atoms with Crippen LogP contribution in [0.25, 0.3) is 0 Å². The van der Waals surface area contributed by atoms with Gasteiger partial charge in [-0.3, -0.25) is 4.79 Å². The van der Waals surface area contributed by atoms with Crippen LogP contribution in [0.3, 0.4) is 0 Å². The van der Waals surface area contributed by atoms with Gasteiger partial charge in [0.1, 0.15) is 0 Å². The first-order valence-electron chi connectivity index (χ1n) is 6.43. The SMILES string of the molecule is CCOc1cc(C(C(=O)OC)C(C)C)ccc1OC. The van der Waals surface area contributed by atoms with Crippen molar-refractivity contribution in [3.63, 3.8) is 0 Å². The maximum Gasteiger partial charge on any atom is 0.313 e. The first kappa shape index (κ1) is 15.3. The molecule has 4 heteroatoms. The lowest BCUT2D eigenvalue weighted by Crippen LogP contribution is -2.19. The molecular weight excluding hydrogens is 244 g/mol. The Morgan fingerprint density at radius 1 is 1.21 bits per heavy atom. The minimum Gasteiger partial charge on any atom is -0.493 e. The summed E-state index contributed by atoms with van der Waals surface area (Å²) in [5.74, 6) is 0.933. The minimum atomic E-state index is -0.296. The molecule has 0 bridgehead atoms. The zero-order chi connectivity index (χ0) is 14.4. The van der Waals surface area contributed by atoms with Crippen LogP contribution in [0.2, 0.25) is 0 Å². The van der Waals surface area contributed by atoms with Crippen LogP contribution in [0.5, 0.6) is 11.5 Å². The van der Waals surface area contributed by atoms with Crippen LogP contribution in [0.4, 0.5) is 0 Å². The summed E-state index contributed by atoms with van der Waals surface area (Å²) < 4.78 is 15.6. The molecule has 0 aliphatic heterocycles. The normalized spacial score (nSPS) is 12.1. The lowest BCUT2D eigenvalue weighted by molar-refractivity contribution is -0.143. The highest BCUT2D eigenvalue weighted by Gasteiger charge is 2.26. The Balaban J connectivity index is 3.17. The van der Waals surface area contributed by atoms with Crippen LogP contribution >= 0.6 is 0 Å². The van der Waals surface area contributed by atoms with Gasteiger partial charge >= 0.3 is 5.97 Å². The Morgan fingerprint density at radius 2 is 1.89 bits per heavy atom. The average Bonchev–Trinajstić information content (AvgIpc) is 2.39. The van der Waals surface area contributed by atoms with E-state index in [0.717, 1.165) is 5.56 Å². The molecule has 0 saturated carbocycles. The summed E-state index contributed by atoms with van der Waals surface area (Å²) >= 11 is 0. The molecule has 0 spiro atoms. The number of ether oxygens (including phenoxy) is 3. The Bertz CT molecular complexity index is 426. The van der Waals surface area contributed by atoms with Crippen LogP contribution in [0.1, 0.15) is 32.3 Å². The molecule has 19 heavy (non-hydrogen) atoms. The van der Waals surface area contributed by atoms with Crippen molar-refractivity contribution in [1.29, 1.82) is 0 Å². The van der Waals surface area contributed by atoms with Gasteiger partial charge in [0.25, 0.3) is 0 Å². The minimum absolute atomic E-state index is 0.148. The van der Waals surface area contributed by atoms with Gasteiger partial charge in [-0.25, -0.2) is 0 Å². The van der Waals surface area contributed by atoms with E-state index in [1.807, 2.05) is 39.0 Å². The molecule has 106 valence electrons. The van der Waals surface area contributed by atoms with Gasteiger partial charge in [-0.2, -0.15) is 0 Å². The molecule has 1 unspecified atom stereocenters. The highest BCUT2D eigenvalue weighted by Crippen LogP contribution is 2.34. The van der Waals surface area contributed by atoms with E-state index in [-0.39, 0.29) is 17.8 Å². The maximum atomic E-state index is 11.9.